The Kier molecular flexibility index (Phi) is 5.10. The van der Waals surface area contributed by atoms with E-state index in [4.69, 9.17) is 4.74 Å². The SMILES string of the molecule is C[C@@H](OC(=O)[C@@H]1CC=CC[C@@H]1C(=O)O)c1cccc([N+](=O)[O-])c1. The van der Waals surface area contributed by atoms with Gasteiger partial charge in [0.25, 0.3) is 5.69 Å². The molecule has 2 rings (SSSR count). The summed E-state index contributed by atoms with van der Waals surface area (Å²) in [5.41, 5.74) is 0.403. The van der Waals surface area contributed by atoms with Crippen LogP contribution in [0.4, 0.5) is 5.69 Å². The Labute approximate surface area is 132 Å². The molecule has 122 valence electrons. The molecule has 0 heterocycles. The van der Waals surface area contributed by atoms with E-state index in [1.165, 1.54) is 18.2 Å². The van der Waals surface area contributed by atoms with Crippen LogP contribution in [0.1, 0.15) is 31.4 Å². The number of benzene rings is 1. The van der Waals surface area contributed by atoms with Gasteiger partial charge in [0.05, 0.1) is 16.8 Å². The number of non-ortho nitro benzene ring substituents is 1. The molecule has 0 bridgehead atoms. The second-order valence-electron chi connectivity index (χ2n) is 5.43. The van der Waals surface area contributed by atoms with Crippen molar-refractivity contribution in [2.75, 3.05) is 0 Å². The molecule has 0 aliphatic heterocycles. The van der Waals surface area contributed by atoms with E-state index in [1.54, 1.807) is 25.1 Å². The highest BCUT2D eigenvalue weighted by Gasteiger charge is 2.35. The maximum absolute atomic E-state index is 12.3. The average molecular weight is 319 g/mol. The van der Waals surface area contributed by atoms with E-state index >= 15 is 0 Å². The number of esters is 1. The number of aliphatic carboxylic acids is 1. The zero-order valence-corrected chi connectivity index (χ0v) is 12.5. The summed E-state index contributed by atoms with van der Waals surface area (Å²) in [6.07, 6.45) is 3.43. The van der Waals surface area contributed by atoms with Gasteiger partial charge in [-0.05, 0) is 25.3 Å². The van der Waals surface area contributed by atoms with E-state index in [2.05, 4.69) is 0 Å². The van der Waals surface area contributed by atoms with Crippen LogP contribution in [0.3, 0.4) is 0 Å². The van der Waals surface area contributed by atoms with Gasteiger partial charge in [0.1, 0.15) is 6.10 Å². The Morgan fingerprint density at radius 1 is 1.30 bits per heavy atom. The summed E-state index contributed by atoms with van der Waals surface area (Å²) in [6, 6.07) is 5.83. The number of carboxylic acids is 1. The molecule has 23 heavy (non-hydrogen) atoms. The molecule has 1 aliphatic carbocycles. The van der Waals surface area contributed by atoms with Crippen molar-refractivity contribution >= 4 is 17.6 Å². The van der Waals surface area contributed by atoms with E-state index in [-0.39, 0.29) is 5.69 Å². The van der Waals surface area contributed by atoms with Crippen molar-refractivity contribution in [2.45, 2.75) is 25.9 Å². The van der Waals surface area contributed by atoms with E-state index < -0.39 is 34.8 Å². The molecule has 1 aromatic carbocycles. The summed E-state index contributed by atoms with van der Waals surface area (Å²) in [5, 5.41) is 20.0. The number of hydrogen-bond donors (Lipinski definition) is 1. The standard InChI is InChI=1S/C16H17NO6/c1-10(11-5-4-6-12(9-11)17(21)22)23-16(20)14-8-3-2-7-13(14)15(18)19/h2-6,9-10,13-14H,7-8H2,1H3,(H,18,19)/t10-,13+,14-/m1/s1. The molecule has 1 aromatic rings. The molecule has 7 nitrogen and oxygen atoms in total. The Morgan fingerprint density at radius 2 is 1.96 bits per heavy atom. The molecule has 7 heteroatoms. The molecule has 0 spiro atoms. The molecule has 1 aliphatic rings. The molecular formula is C16H17NO6. The third kappa shape index (κ3) is 3.94. The Morgan fingerprint density at radius 3 is 2.57 bits per heavy atom. The first-order chi connectivity index (χ1) is 10.9. The fourth-order valence-corrected chi connectivity index (χ4v) is 2.57. The first-order valence-corrected chi connectivity index (χ1v) is 7.22. The molecule has 0 saturated heterocycles. The van der Waals surface area contributed by atoms with Crippen molar-refractivity contribution in [3.8, 4) is 0 Å². The summed E-state index contributed by atoms with van der Waals surface area (Å²) in [4.78, 5) is 33.8. The molecule has 0 radical (unpaired) electrons. The first-order valence-electron chi connectivity index (χ1n) is 7.22. The molecule has 0 fully saturated rings. The van der Waals surface area contributed by atoms with Gasteiger partial charge in [-0.2, -0.15) is 0 Å². The topological polar surface area (TPSA) is 107 Å². The van der Waals surface area contributed by atoms with Crippen LogP contribution in [0.15, 0.2) is 36.4 Å². The van der Waals surface area contributed by atoms with Crippen molar-refractivity contribution in [3.05, 3.63) is 52.1 Å². The van der Waals surface area contributed by atoms with Crippen LogP contribution in [0.5, 0.6) is 0 Å². The number of nitro groups is 1. The number of allylic oxidation sites excluding steroid dienone is 2. The fraction of sp³-hybridized carbons (Fsp3) is 0.375. The summed E-state index contributed by atoms with van der Waals surface area (Å²) in [5.74, 6) is -3.16. The van der Waals surface area contributed by atoms with E-state index in [1.807, 2.05) is 0 Å². The molecule has 0 unspecified atom stereocenters. The number of hydrogen-bond acceptors (Lipinski definition) is 5. The number of rotatable bonds is 5. The maximum Gasteiger partial charge on any atom is 0.310 e. The zero-order valence-electron chi connectivity index (χ0n) is 12.5. The van der Waals surface area contributed by atoms with Crippen LogP contribution >= 0.6 is 0 Å². The van der Waals surface area contributed by atoms with Gasteiger partial charge in [0.15, 0.2) is 0 Å². The number of nitrogens with zero attached hydrogens (tertiary/aromatic N) is 1. The summed E-state index contributed by atoms with van der Waals surface area (Å²) in [7, 11) is 0. The van der Waals surface area contributed by atoms with Gasteiger partial charge in [-0.25, -0.2) is 0 Å². The minimum atomic E-state index is -1.03. The average Bonchev–Trinajstić information content (AvgIpc) is 2.54. The molecule has 0 amide bonds. The quantitative estimate of drug-likeness (QED) is 0.387. The Hall–Kier alpha value is -2.70. The van der Waals surface area contributed by atoms with Crippen molar-refractivity contribution in [2.24, 2.45) is 11.8 Å². The van der Waals surface area contributed by atoms with Crippen LogP contribution < -0.4 is 0 Å². The number of nitro benzene ring substituents is 1. The number of ether oxygens (including phenoxy) is 1. The van der Waals surface area contributed by atoms with Crippen molar-refractivity contribution < 1.29 is 24.4 Å². The highest BCUT2D eigenvalue weighted by atomic mass is 16.6. The normalized spacial score (nSPS) is 21.4. The predicted molar refractivity (Wildman–Crippen MR) is 80.6 cm³/mol. The Balaban J connectivity index is 2.10. The Bertz CT molecular complexity index is 654. The van der Waals surface area contributed by atoms with Gasteiger partial charge in [-0.15, -0.1) is 0 Å². The lowest BCUT2D eigenvalue weighted by atomic mass is 9.83. The van der Waals surface area contributed by atoms with Crippen LogP contribution in [-0.4, -0.2) is 22.0 Å². The van der Waals surface area contributed by atoms with E-state index in [0.717, 1.165) is 0 Å². The van der Waals surface area contributed by atoms with Crippen molar-refractivity contribution in [1.29, 1.82) is 0 Å². The summed E-state index contributed by atoms with van der Waals surface area (Å²) >= 11 is 0. The third-order valence-electron chi connectivity index (χ3n) is 3.90. The second-order valence-corrected chi connectivity index (χ2v) is 5.43. The lowest BCUT2D eigenvalue weighted by Crippen LogP contribution is -2.32. The minimum Gasteiger partial charge on any atom is -0.481 e. The van der Waals surface area contributed by atoms with Gasteiger partial charge < -0.3 is 9.84 Å². The second kappa shape index (κ2) is 7.04. The summed E-state index contributed by atoms with van der Waals surface area (Å²) in [6.45, 7) is 1.60. The largest absolute Gasteiger partial charge is 0.481 e. The lowest BCUT2D eigenvalue weighted by Gasteiger charge is -2.25. The van der Waals surface area contributed by atoms with Gasteiger partial charge in [-0.3, -0.25) is 19.7 Å². The van der Waals surface area contributed by atoms with Gasteiger partial charge >= 0.3 is 11.9 Å². The zero-order chi connectivity index (χ0) is 17.0. The third-order valence-corrected chi connectivity index (χ3v) is 3.90. The minimum absolute atomic E-state index is 0.0885. The van der Waals surface area contributed by atoms with Gasteiger partial charge in [-0.1, -0.05) is 24.3 Å². The number of carbonyl (C=O) groups is 2. The lowest BCUT2D eigenvalue weighted by molar-refractivity contribution is -0.385. The van der Waals surface area contributed by atoms with Crippen molar-refractivity contribution in [3.63, 3.8) is 0 Å². The molecular weight excluding hydrogens is 302 g/mol. The van der Waals surface area contributed by atoms with E-state index in [9.17, 15) is 24.8 Å². The van der Waals surface area contributed by atoms with Gasteiger partial charge in [0.2, 0.25) is 0 Å². The predicted octanol–water partition coefficient (Wildman–Crippen LogP) is 2.87. The number of carbonyl (C=O) groups excluding carboxylic acids is 1. The van der Waals surface area contributed by atoms with Crippen LogP contribution in [0.25, 0.3) is 0 Å². The molecule has 0 aromatic heterocycles. The maximum atomic E-state index is 12.3. The molecule has 3 atom stereocenters. The highest BCUT2D eigenvalue weighted by Crippen LogP contribution is 2.30. The molecule has 0 saturated carbocycles. The molecule has 1 N–H and O–H groups in total. The van der Waals surface area contributed by atoms with Gasteiger partial charge in [0, 0.05) is 12.1 Å². The fourth-order valence-electron chi connectivity index (χ4n) is 2.57. The highest BCUT2D eigenvalue weighted by molar-refractivity contribution is 5.82. The van der Waals surface area contributed by atoms with Crippen LogP contribution in [-0.2, 0) is 14.3 Å². The van der Waals surface area contributed by atoms with Crippen LogP contribution in [0, 0.1) is 22.0 Å². The smallest absolute Gasteiger partial charge is 0.310 e. The summed E-state index contributed by atoms with van der Waals surface area (Å²) < 4.78 is 5.33. The monoisotopic (exact) mass is 319 g/mol. The van der Waals surface area contributed by atoms with E-state index in [0.29, 0.717) is 18.4 Å². The van der Waals surface area contributed by atoms with Crippen molar-refractivity contribution in [1.82, 2.24) is 0 Å². The first kappa shape index (κ1) is 16.7. The number of carboxylic acid groups (broad SMARTS) is 1. The van der Waals surface area contributed by atoms with Crippen LogP contribution in [0.2, 0.25) is 0 Å².